The maximum Gasteiger partial charge on any atom is 0.490 e. The Morgan fingerprint density at radius 2 is 1.82 bits per heavy atom. The molecule has 2 aromatic rings. The average molecular weight is 531 g/mol. The van der Waals surface area contributed by atoms with Gasteiger partial charge in [0.15, 0.2) is 23.3 Å². The van der Waals surface area contributed by atoms with Crippen LogP contribution in [-0.2, 0) is 31.6 Å². The number of hydrogen-bond acceptors (Lipinski definition) is 13. The molecule has 33 heavy (non-hydrogen) atoms. The number of aliphatic hydroxyl groups is 2. The van der Waals surface area contributed by atoms with Gasteiger partial charge in [-0.15, -0.1) is 6.42 Å². The summed E-state index contributed by atoms with van der Waals surface area (Å²) in [6.07, 6.45) is 2.44. The number of phosphoric acid groups is 3. The normalized spacial score (nSPS) is 29.4. The number of fused-ring (bicyclic) bond motifs is 1. The van der Waals surface area contributed by atoms with Crippen LogP contribution in [0.1, 0.15) is 6.23 Å². The van der Waals surface area contributed by atoms with E-state index in [1.807, 2.05) is 5.92 Å². The fraction of sp³-hybridized carbons (Fsp3) is 0.417. The number of nitrogens with two attached hydrogens (primary N) is 1. The highest BCUT2D eigenvalue weighted by Gasteiger charge is 2.56. The fourth-order valence-electron chi connectivity index (χ4n) is 2.83. The van der Waals surface area contributed by atoms with Crippen molar-refractivity contribution in [3.8, 4) is 12.3 Å². The van der Waals surface area contributed by atoms with E-state index < -0.39 is 54.1 Å². The first-order valence-electron chi connectivity index (χ1n) is 8.33. The number of ether oxygens (including phenoxy) is 1. The third kappa shape index (κ3) is 5.48. The number of rotatable bonds is 8. The average Bonchev–Trinajstić information content (AvgIpc) is 3.19. The molecule has 2 unspecified atom stereocenters. The van der Waals surface area contributed by atoms with E-state index in [9.17, 15) is 33.7 Å². The van der Waals surface area contributed by atoms with Crippen molar-refractivity contribution < 1.29 is 61.4 Å². The summed E-state index contributed by atoms with van der Waals surface area (Å²) < 4.78 is 52.4. The number of aliphatic hydroxyl groups excluding tert-OH is 2. The van der Waals surface area contributed by atoms with E-state index >= 15 is 0 Å². The molecule has 1 aliphatic rings. The lowest BCUT2D eigenvalue weighted by Gasteiger charge is -2.27. The van der Waals surface area contributed by atoms with Gasteiger partial charge in [-0.2, -0.15) is 8.62 Å². The van der Waals surface area contributed by atoms with Crippen molar-refractivity contribution in [2.24, 2.45) is 0 Å². The molecule has 18 nitrogen and oxygen atoms in total. The number of imidazole rings is 1. The third-order valence-electron chi connectivity index (χ3n) is 4.19. The second-order valence-corrected chi connectivity index (χ2v) is 10.8. The zero-order chi connectivity index (χ0) is 24.8. The standard InChI is InChI=1S/C12H16N5O13P3/c1-2-12(3-27-32(23,24)30-33(25,26)29-31(20,21)22)8(19)7(18)11(28-12)17-5-16-6-9(13)14-4-15-10(6)17/h1,4-5,7-8,11,18-19H,3H2,(H,23,24)(H,25,26)(H2,13,14,15)(H2,20,21,22)/t7-,8+,11-,12-/m1/s1. The Balaban J connectivity index is 1.81. The number of nitrogen functional groups attached to an aromatic ring is 1. The Bertz CT molecular complexity index is 1240. The van der Waals surface area contributed by atoms with Crippen LogP contribution in [0.3, 0.4) is 0 Å². The maximum atomic E-state index is 12.0. The highest BCUT2D eigenvalue weighted by Crippen LogP contribution is 2.66. The first-order valence-corrected chi connectivity index (χ1v) is 12.8. The van der Waals surface area contributed by atoms with Crippen LogP contribution in [0, 0.1) is 12.3 Å². The number of phosphoric ester groups is 1. The Hall–Kier alpha value is -1.80. The van der Waals surface area contributed by atoms with Gasteiger partial charge in [-0.25, -0.2) is 28.6 Å². The van der Waals surface area contributed by atoms with E-state index in [-0.39, 0.29) is 17.0 Å². The maximum absolute atomic E-state index is 12.0. The Kier molecular flexibility index (Phi) is 6.86. The highest BCUT2D eigenvalue weighted by atomic mass is 31.3. The van der Waals surface area contributed by atoms with Crippen LogP contribution in [0.25, 0.3) is 11.2 Å². The van der Waals surface area contributed by atoms with Gasteiger partial charge in [0.2, 0.25) is 0 Å². The molecule has 0 bridgehead atoms. The van der Waals surface area contributed by atoms with E-state index in [0.29, 0.717) is 0 Å². The number of nitrogens with zero attached hydrogens (tertiary/aromatic N) is 4. The van der Waals surface area contributed by atoms with Gasteiger partial charge >= 0.3 is 23.5 Å². The fourth-order valence-corrected chi connectivity index (χ4v) is 5.87. The van der Waals surface area contributed by atoms with Crippen molar-refractivity contribution >= 4 is 40.4 Å². The van der Waals surface area contributed by atoms with Gasteiger partial charge in [-0.05, 0) is 0 Å². The quantitative estimate of drug-likeness (QED) is 0.149. The molecule has 182 valence electrons. The monoisotopic (exact) mass is 531 g/mol. The molecular formula is C12H16N5O13P3. The van der Waals surface area contributed by atoms with Gasteiger partial charge in [-0.1, -0.05) is 5.92 Å². The molecule has 1 fully saturated rings. The molecule has 6 atom stereocenters. The number of aromatic nitrogens is 4. The summed E-state index contributed by atoms with van der Waals surface area (Å²) >= 11 is 0. The van der Waals surface area contributed by atoms with E-state index in [4.69, 9.17) is 26.7 Å². The number of hydrogen-bond donors (Lipinski definition) is 7. The SMILES string of the molecule is C#C[C@]1(COP(=O)(O)OP(=O)(O)OP(=O)(O)O)O[C@@H](n2cnc3c(N)ncnc32)[C@H](O)[C@@H]1O. The van der Waals surface area contributed by atoms with E-state index in [2.05, 4.69) is 28.1 Å². The van der Waals surface area contributed by atoms with E-state index in [0.717, 1.165) is 17.2 Å². The largest absolute Gasteiger partial charge is 0.490 e. The molecule has 1 saturated heterocycles. The molecular weight excluding hydrogens is 515 g/mol. The predicted molar refractivity (Wildman–Crippen MR) is 103 cm³/mol. The minimum absolute atomic E-state index is 0.00246. The molecule has 0 saturated carbocycles. The first-order chi connectivity index (χ1) is 15.1. The van der Waals surface area contributed by atoms with Gasteiger partial charge < -0.3 is 40.3 Å². The second kappa shape index (κ2) is 8.77. The first kappa shape index (κ1) is 25.8. The van der Waals surface area contributed by atoms with Crippen molar-refractivity contribution in [3.05, 3.63) is 12.7 Å². The predicted octanol–water partition coefficient (Wildman–Crippen LogP) is -1.63. The summed E-state index contributed by atoms with van der Waals surface area (Å²) in [5.41, 5.74) is 3.59. The van der Waals surface area contributed by atoms with Crippen LogP contribution >= 0.6 is 23.5 Å². The lowest BCUT2D eigenvalue weighted by Crippen LogP contribution is -2.45. The summed E-state index contributed by atoms with van der Waals surface area (Å²) in [4.78, 5) is 47.6. The highest BCUT2D eigenvalue weighted by molar-refractivity contribution is 7.66. The van der Waals surface area contributed by atoms with E-state index in [1.54, 1.807) is 0 Å². The summed E-state index contributed by atoms with van der Waals surface area (Å²) in [7, 11) is -17.0. The summed E-state index contributed by atoms with van der Waals surface area (Å²) in [5.74, 6) is 1.96. The lowest BCUT2D eigenvalue weighted by molar-refractivity contribution is -0.0894. The Labute approximate surface area is 183 Å². The molecule has 3 rings (SSSR count). The smallest absolute Gasteiger partial charge is 0.386 e. The molecule has 0 radical (unpaired) electrons. The van der Waals surface area contributed by atoms with Crippen LogP contribution in [0.15, 0.2) is 12.7 Å². The van der Waals surface area contributed by atoms with Crippen LogP contribution in [0.5, 0.6) is 0 Å². The Morgan fingerprint density at radius 3 is 2.42 bits per heavy atom. The van der Waals surface area contributed by atoms with Crippen LogP contribution < -0.4 is 5.73 Å². The van der Waals surface area contributed by atoms with E-state index in [1.165, 1.54) is 0 Å². The molecule has 3 heterocycles. The van der Waals surface area contributed by atoms with Crippen LogP contribution in [0.4, 0.5) is 5.82 Å². The molecule has 0 aliphatic carbocycles. The van der Waals surface area contributed by atoms with Crippen LogP contribution in [-0.4, -0.2) is 73.7 Å². The molecule has 0 aromatic carbocycles. The molecule has 1 aliphatic heterocycles. The van der Waals surface area contributed by atoms with Crippen molar-refractivity contribution in [3.63, 3.8) is 0 Å². The topological polar surface area (TPSA) is 279 Å². The third-order valence-corrected chi connectivity index (χ3v) is 7.97. The van der Waals surface area contributed by atoms with Crippen molar-refractivity contribution in [1.29, 1.82) is 0 Å². The molecule has 8 N–H and O–H groups in total. The van der Waals surface area contributed by atoms with Gasteiger partial charge in [0.05, 0.1) is 6.33 Å². The summed E-state index contributed by atoms with van der Waals surface area (Å²) in [6, 6.07) is 0. The van der Waals surface area contributed by atoms with Gasteiger partial charge in [-0.3, -0.25) is 9.09 Å². The molecule has 0 spiro atoms. The van der Waals surface area contributed by atoms with Crippen molar-refractivity contribution in [1.82, 2.24) is 19.5 Å². The number of anilines is 1. The summed E-state index contributed by atoms with van der Waals surface area (Å²) in [5, 5.41) is 20.9. The molecule has 2 aromatic heterocycles. The van der Waals surface area contributed by atoms with Gasteiger partial charge in [0.25, 0.3) is 0 Å². The van der Waals surface area contributed by atoms with Gasteiger partial charge in [0.1, 0.15) is 30.7 Å². The minimum atomic E-state index is -5.78. The zero-order valence-corrected chi connectivity index (χ0v) is 18.6. The van der Waals surface area contributed by atoms with Crippen molar-refractivity contribution in [2.45, 2.75) is 24.0 Å². The molecule has 21 heteroatoms. The molecule has 0 amide bonds. The lowest BCUT2D eigenvalue weighted by atomic mass is 9.97. The van der Waals surface area contributed by atoms with Crippen LogP contribution in [0.2, 0.25) is 0 Å². The Morgan fingerprint density at radius 1 is 1.15 bits per heavy atom. The van der Waals surface area contributed by atoms with Crippen molar-refractivity contribution in [2.75, 3.05) is 12.3 Å². The summed E-state index contributed by atoms with van der Waals surface area (Å²) in [6.45, 7) is -1.20. The zero-order valence-electron chi connectivity index (χ0n) is 15.9. The second-order valence-electron chi connectivity index (χ2n) is 6.43. The minimum Gasteiger partial charge on any atom is -0.386 e. The number of terminal acetylenes is 1. The van der Waals surface area contributed by atoms with Gasteiger partial charge in [0, 0.05) is 0 Å².